The van der Waals surface area contributed by atoms with Gasteiger partial charge in [-0.3, -0.25) is 19.2 Å². The van der Waals surface area contributed by atoms with Crippen LogP contribution in [0.1, 0.15) is 72.7 Å². The van der Waals surface area contributed by atoms with Gasteiger partial charge in [-0.1, -0.05) is 25.5 Å². The molecule has 0 atom stereocenters. The van der Waals surface area contributed by atoms with E-state index in [2.05, 4.69) is 0 Å². The van der Waals surface area contributed by atoms with Gasteiger partial charge in [0.2, 0.25) is 0 Å². The first kappa shape index (κ1) is 28.7. The summed E-state index contributed by atoms with van der Waals surface area (Å²) in [6, 6.07) is 8.54. The number of ketones is 2. The Balaban J connectivity index is 2.07. The highest BCUT2D eigenvalue weighted by molar-refractivity contribution is 7.91. The van der Waals surface area contributed by atoms with Crippen LogP contribution in [0.15, 0.2) is 41.3 Å². The Morgan fingerprint density at radius 3 is 2.17 bits per heavy atom. The lowest BCUT2D eigenvalue weighted by atomic mass is 10.0. The molecule has 0 amide bonds. The number of carboxylic acid groups (broad SMARTS) is 1. The van der Waals surface area contributed by atoms with Crippen LogP contribution in [0.5, 0.6) is 11.5 Å². The lowest BCUT2D eigenvalue weighted by Gasteiger charge is -2.17. The maximum Gasteiger partial charge on any atom is 0.308 e. The fourth-order valence-electron chi connectivity index (χ4n) is 3.53. The molecule has 1 N–H and O–H groups in total. The summed E-state index contributed by atoms with van der Waals surface area (Å²) in [4.78, 5) is 46.3. The zero-order valence-electron chi connectivity index (χ0n) is 20.5. The van der Waals surface area contributed by atoms with E-state index in [1.807, 2.05) is 6.92 Å². The van der Waals surface area contributed by atoms with Gasteiger partial charge < -0.3 is 14.6 Å². The molecular weight excluding hydrogens is 488 g/mol. The average molecular weight is 519 g/mol. The number of esters is 1. The van der Waals surface area contributed by atoms with Crippen LogP contribution in [0.4, 0.5) is 0 Å². The summed E-state index contributed by atoms with van der Waals surface area (Å²) in [7, 11) is -3.64. The summed E-state index contributed by atoms with van der Waals surface area (Å²) in [5.41, 5.74) is 1.10. The number of rotatable bonds is 14. The lowest BCUT2D eigenvalue weighted by Crippen LogP contribution is -2.13. The van der Waals surface area contributed by atoms with Crippen molar-refractivity contribution in [2.45, 2.75) is 57.8 Å². The number of hydrogen-bond acceptors (Lipinski definition) is 8. The largest absolute Gasteiger partial charge is 0.493 e. The number of carbonyl (C=O) groups excluding carboxylic acids is 3. The highest BCUT2D eigenvalue weighted by Crippen LogP contribution is 2.34. The number of hydrogen-bond donors (Lipinski definition) is 1. The molecule has 0 radical (unpaired) electrons. The Labute approximate surface area is 210 Å². The quantitative estimate of drug-likeness (QED) is 0.170. The molecule has 0 fully saturated rings. The summed E-state index contributed by atoms with van der Waals surface area (Å²) in [5.74, 6) is -1.89. The molecule has 2 aromatic carbocycles. The van der Waals surface area contributed by atoms with E-state index in [4.69, 9.17) is 14.6 Å². The van der Waals surface area contributed by atoms with E-state index in [-0.39, 0.29) is 65.0 Å². The van der Waals surface area contributed by atoms with Crippen molar-refractivity contribution in [1.82, 2.24) is 0 Å². The summed E-state index contributed by atoms with van der Waals surface area (Å²) in [6.07, 6.45) is 0.915. The van der Waals surface area contributed by atoms with Gasteiger partial charge in [0, 0.05) is 24.5 Å². The number of benzene rings is 2. The third-order valence-electron chi connectivity index (χ3n) is 5.26. The Morgan fingerprint density at radius 1 is 0.944 bits per heavy atom. The van der Waals surface area contributed by atoms with Gasteiger partial charge >= 0.3 is 11.9 Å². The zero-order chi connectivity index (χ0) is 26.9. The maximum absolute atomic E-state index is 12.7. The Morgan fingerprint density at radius 2 is 1.61 bits per heavy atom. The van der Waals surface area contributed by atoms with Gasteiger partial charge in [0.1, 0.15) is 11.5 Å². The Kier molecular flexibility index (Phi) is 10.3. The lowest BCUT2D eigenvalue weighted by molar-refractivity contribution is -0.137. The molecule has 0 aliphatic carbocycles. The van der Waals surface area contributed by atoms with Crippen molar-refractivity contribution in [3.05, 3.63) is 53.1 Å². The molecule has 0 aromatic heterocycles. The fourth-order valence-corrected chi connectivity index (χ4v) is 4.82. The van der Waals surface area contributed by atoms with Crippen LogP contribution in [-0.4, -0.2) is 49.4 Å². The first-order valence-corrected chi connectivity index (χ1v) is 13.2. The highest BCUT2D eigenvalue weighted by Gasteiger charge is 2.20. The van der Waals surface area contributed by atoms with Crippen molar-refractivity contribution >= 4 is 33.3 Å². The fraction of sp³-hybridized carbons (Fsp3) is 0.385. The van der Waals surface area contributed by atoms with Crippen LogP contribution in [0.25, 0.3) is 0 Å². The molecule has 0 saturated carbocycles. The predicted molar refractivity (Wildman–Crippen MR) is 132 cm³/mol. The Hall–Kier alpha value is -3.53. The molecule has 0 unspecified atom stereocenters. The standard InChI is InChI=1S/C26H30O9S/c1-4-6-22-24(13-11-21(17(2)27)26(22)35-18(3)28)34-15-5-16-36(32,33)20-9-7-19(8-10-20)23(29)12-14-25(30)31/h7-11,13H,4-6,12,14-16H2,1-3H3,(H,30,31). The summed E-state index contributed by atoms with van der Waals surface area (Å²) >= 11 is 0. The number of Topliss-reactive ketones (excluding diaryl/α,β-unsaturated/α-hetero) is 2. The van der Waals surface area contributed by atoms with Crippen LogP contribution in [0.3, 0.4) is 0 Å². The molecule has 0 spiro atoms. The summed E-state index contributed by atoms with van der Waals surface area (Å²) in [6.45, 7) is 4.62. The topological polar surface area (TPSA) is 141 Å². The van der Waals surface area contributed by atoms with Crippen LogP contribution < -0.4 is 9.47 Å². The zero-order valence-corrected chi connectivity index (χ0v) is 21.4. The van der Waals surface area contributed by atoms with Gasteiger partial charge in [-0.05, 0) is 44.0 Å². The van der Waals surface area contributed by atoms with Crippen LogP contribution in [0.2, 0.25) is 0 Å². The molecule has 0 aliphatic rings. The molecule has 194 valence electrons. The molecule has 0 heterocycles. The van der Waals surface area contributed by atoms with E-state index >= 15 is 0 Å². The SMILES string of the molecule is CCCc1c(OCCCS(=O)(=O)c2ccc(C(=O)CCC(=O)O)cc2)ccc(C(C)=O)c1OC(C)=O. The molecule has 0 saturated heterocycles. The molecule has 36 heavy (non-hydrogen) atoms. The molecule has 2 rings (SSSR count). The van der Waals surface area contributed by atoms with Gasteiger partial charge in [-0.2, -0.15) is 0 Å². The van der Waals surface area contributed by atoms with Crippen LogP contribution >= 0.6 is 0 Å². The van der Waals surface area contributed by atoms with E-state index in [0.29, 0.717) is 24.2 Å². The maximum atomic E-state index is 12.7. The number of carbonyl (C=O) groups is 4. The smallest absolute Gasteiger partial charge is 0.308 e. The summed E-state index contributed by atoms with van der Waals surface area (Å²) < 4.78 is 36.5. The number of sulfone groups is 1. The van der Waals surface area contributed by atoms with Crippen molar-refractivity contribution in [1.29, 1.82) is 0 Å². The van der Waals surface area contributed by atoms with E-state index in [1.165, 1.54) is 44.2 Å². The minimum Gasteiger partial charge on any atom is -0.493 e. The number of ether oxygens (including phenoxy) is 2. The van der Waals surface area contributed by atoms with Crippen molar-refractivity contribution in [3.63, 3.8) is 0 Å². The molecule has 0 aliphatic heterocycles. The third kappa shape index (κ3) is 8.01. The predicted octanol–water partition coefficient (Wildman–Crippen LogP) is 4.06. The van der Waals surface area contributed by atoms with E-state index in [9.17, 15) is 27.6 Å². The minimum atomic E-state index is -3.64. The van der Waals surface area contributed by atoms with E-state index in [0.717, 1.165) is 0 Å². The van der Waals surface area contributed by atoms with Gasteiger partial charge in [-0.15, -0.1) is 0 Å². The molecule has 2 aromatic rings. The number of aliphatic carboxylic acids is 1. The highest BCUT2D eigenvalue weighted by atomic mass is 32.2. The van der Waals surface area contributed by atoms with Gasteiger partial charge in [-0.25, -0.2) is 8.42 Å². The van der Waals surface area contributed by atoms with Crippen LogP contribution in [-0.2, 0) is 25.8 Å². The number of carboxylic acids is 1. The average Bonchev–Trinajstić information content (AvgIpc) is 2.81. The Bertz CT molecular complexity index is 1230. The van der Waals surface area contributed by atoms with Crippen molar-refractivity contribution in [2.75, 3.05) is 12.4 Å². The second kappa shape index (κ2) is 13.0. The molecular formula is C26H30O9S. The second-order valence-corrected chi connectivity index (χ2v) is 10.3. The van der Waals surface area contributed by atoms with Gasteiger partial charge in [0.25, 0.3) is 0 Å². The third-order valence-corrected chi connectivity index (χ3v) is 7.08. The summed E-state index contributed by atoms with van der Waals surface area (Å²) in [5, 5.41) is 8.68. The first-order chi connectivity index (χ1) is 17.0. The normalized spacial score (nSPS) is 11.1. The van der Waals surface area contributed by atoms with Crippen LogP contribution in [0, 0.1) is 0 Å². The molecule has 10 heteroatoms. The van der Waals surface area contributed by atoms with E-state index < -0.39 is 21.8 Å². The van der Waals surface area contributed by atoms with E-state index in [1.54, 1.807) is 6.07 Å². The van der Waals surface area contributed by atoms with Gasteiger partial charge in [0.15, 0.2) is 21.4 Å². The van der Waals surface area contributed by atoms with Gasteiger partial charge in [0.05, 0.1) is 29.2 Å². The molecule has 9 nitrogen and oxygen atoms in total. The monoisotopic (exact) mass is 518 g/mol. The second-order valence-electron chi connectivity index (χ2n) is 8.18. The first-order valence-electron chi connectivity index (χ1n) is 11.5. The van der Waals surface area contributed by atoms with Crippen molar-refractivity contribution in [3.8, 4) is 11.5 Å². The molecule has 0 bridgehead atoms. The van der Waals surface area contributed by atoms with Crippen molar-refractivity contribution in [2.24, 2.45) is 0 Å². The van der Waals surface area contributed by atoms with Crippen molar-refractivity contribution < 1.29 is 42.2 Å². The minimum absolute atomic E-state index is 0.0481.